The molecule has 172 valence electrons. The van der Waals surface area contributed by atoms with E-state index < -0.39 is 10.0 Å². The fraction of sp³-hybridized carbons (Fsp3) is 0.435. The highest BCUT2D eigenvalue weighted by Gasteiger charge is 2.34. The van der Waals surface area contributed by atoms with Crippen molar-refractivity contribution in [2.24, 2.45) is 0 Å². The summed E-state index contributed by atoms with van der Waals surface area (Å²) in [6, 6.07) is 11.9. The fourth-order valence-electron chi connectivity index (χ4n) is 3.79. The van der Waals surface area contributed by atoms with Crippen molar-refractivity contribution in [3.63, 3.8) is 0 Å². The van der Waals surface area contributed by atoms with E-state index >= 15 is 0 Å². The van der Waals surface area contributed by atoms with Crippen LogP contribution in [-0.2, 0) is 21.3 Å². The van der Waals surface area contributed by atoms with Crippen molar-refractivity contribution in [1.29, 1.82) is 0 Å². The molecule has 1 aliphatic carbocycles. The molecule has 2 aromatic rings. The van der Waals surface area contributed by atoms with E-state index in [4.69, 9.17) is 14.2 Å². The summed E-state index contributed by atoms with van der Waals surface area (Å²) in [5.74, 6) is 1.22. The first kappa shape index (κ1) is 22.6. The number of benzene rings is 2. The molecule has 0 N–H and O–H groups in total. The second-order valence-corrected chi connectivity index (χ2v) is 9.82. The van der Waals surface area contributed by atoms with Crippen LogP contribution < -0.4 is 9.47 Å². The van der Waals surface area contributed by atoms with Crippen molar-refractivity contribution in [3.05, 3.63) is 53.6 Å². The monoisotopic (exact) mass is 460 g/mol. The maximum absolute atomic E-state index is 13.3. The van der Waals surface area contributed by atoms with E-state index in [2.05, 4.69) is 0 Å². The van der Waals surface area contributed by atoms with E-state index in [9.17, 15) is 13.2 Å². The molecule has 9 heteroatoms. The highest BCUT2D eigenvalue weighted by molar-refractivity contribution is 7.89. The Morgan fingerprint density at radius 2 is 1.75 bits per heavy atom. The van der Waals surface area contributed by atoms with Gasteiger partial charge in [0.05, 0.1) is 32.3 Å². The number of rotatable bonds is 8. The van der Waals surface area contributed by atoms with Gasteiger partial charge in [-0.05, 0) is 49.2 Å². The van der Waals surface area contributed by atoms with Crippen molar-refractivity contribution in [2.45, 2.75) is 30.3 Å². The zero-order valence-electron chi connectivity index (χ0n) is 18.3. The number of amides is 1. The van der Waals surface area contributed by atoms with Crippen molar-refractivity contribution in [2.75, 3.05) is 40.5 Å². The van der Waals surface area contributed by atoms with Crippen molar-refractivity contribution >= 4 is 15.9 Å². The summed E-state index contributed by atoms with van der Waals surface area (Å²) in [6.45, 7) is 1.86. The Bertz CT molecular complexity index is 1060. The molecule has 0 bridgehead atoms. The zero-order valence-corrected chi connectivity index (χ0v) is 19.1. The second kappa shape index (κ2) is 9.48. The number of carbonyl (C=O) groups excluding carboxylic acids is 1. The van der Waals surface area contributed by atoms with Gasteiger partial charge in [0.15, 0.2) is 0 Å². The number of ether oxygens (including phenoxy) is 3. The van der Waals surface area contributed by atoms with Gasteiger partial charge in [-0.25, -0.2) is 8.42 Å². The van der Waals surface area contributed by atoms with Crippen LogP contribution in [0.1, 0.15) is 28.8 Å². The standard InChI is InChI=1S/C23H28N2O6S/c1-29-20-8-3-18(22(15-20)30-2)16-25(19-6-7-19)23(26)17-4-9-21(10-5-17)32(27,28)24-11-13-31-14-12-24/h3-5,8-10,15,19H,6-7,11-14,16H2,1-2H3. The minimum Gasteiger partial charge on any atom is -0.497 e. The second-order valence-electron chi connectivity index (χ2n) is 7.88. The van der Waals surface area contributed by atoms with Crippen LogP contribution in [0.15, 0.2) is 47.4 Å². The molecule has 2 aromatic carbocycles. The molecule has 32 heavy (non-hydrogen) atoms. The lowest BCUT2D eigenvalue weighted by atomic mass is 10.1. The summed E-state index contributed by atoms with van der Waals surface area (Å²) in [6.07, 6.45) is 1.90. The summed E-state index contributed by atoms with van der Waals surface area (Å²) in [4.78, 5) is 15.3. The van der Waals surface area contributed by atoms with Gasteiger partial charge in [-0.2, -0.15) is 4.31 Å². The molecule has 0 radical (unpaired) electrons. The first-order chi connectivity index (χ1) is 15.4. The maximum atomic E-state index is 13.3. The SMILES string of the molecule is COc1ccc(CN(C(=O)c2ccc(S(=O)(=O)N3CCOCC3)cc2)C2CC2)c(OC)c1. The molecule has 1 aliphatic heterocycles. The molecular weight excluding hydrogens is 432 g/mol. The van der Waals surface area contributed by atoms with Gasteiger partial charge in [0.1, 0.15) is 11.5 Å². The Balaban J connectivity index is 1.53. The predicted molar refractivity (Wildman–Crippen MR) is 118 cm³/mol. The Hall–Kier alpha value is -2.62. The number of nitrogens with zero attached hydrogens (tertiary/aromatic N) is 2. The summed E-state index contributed by atoms with van der Waals surface area (Å²) in [7, 11) is -0.406. The van der Waals surface area contributed by atoms with Gasteiger partial charge in [0, 0.05) is 42.9 Å². The Labute approximate surface area is 188 Å². The van der Waals surface area contributed by atoms with E-state index in [1.54, 1.807) is 32.4 Å². The highest BCUT2D eigenvalue weighted by atomic mass is 32.2. The smallest absolute Gasteiger partial charge is 0.254 e. The lowest BCUT2D eigenvalue weighted by molar-refractivity contribution is 0.0728. The van der Waals surface area contributed by atoms with Gasteiger partial charge < -0.3 is 19.1 Å². The number of methoxy groups -OCH3 is 2. The van der Waals surface area contributed by atoms with Gasteiger partial charge >= 0.3 is 0 Å². The lowest BCUT2D eigenvalue weighted by Gasteiger charge is -2.26. The van der Waals surface area contributed by atoms with E-state index in [-0.39, 0.29) is 16.8 Å². The van der Waals surface area contributed by atoms with Crippen LogP contribution in [0.2, 0.25) is 0 Å². The summed E-state index contributed by atoms with van der Waals surface area (Å²) >= 11 is 0. The minimum absolute atomic E-state index is 0.124. The maximum Gasteiger partial charge on any atom is 0.254 e. The van der Waals surface area contributed by atoms with Crippen molar-refractivity contribution in [1.82, 2.24) is 9.21 Å². The van der Waals surface area contributed by atoms with Crippen LogP contribution in [0.4, 0.5) is 0 Å². The summed E-state index contributed by atoms with van der Waals surface area (Å²) < 4.78 is 43.1. The van der Waals surface area contributed by atoms with Gasteiger partial charge in [-0.1, -0.05) is 0 Å². The van der Waals surface area contributed by atoms with Crippen molar-refractivity contribution < 1.29 is 27.4 Å². The van der Waals surface area contributed by atoms with E-state index in [0.717, 1.165) is 18.4 Å². The third-order valence-electron chi connectivity index (χ3n) is 5.79. The van der Waals surface area contributed by atoms with Crippen LogP contribution in [-0.4, -0.2) is 70.1 Å². The number of carbonyl (C=O) groups is 1. The molecule has 1 saturated heterocycles. The van der Waals surface area contributed by atoms with E-state index in [1.165, 1.54) is 16.4 Å². The molecule has 1 heterocycles. The minimum atomic E-state index is -3.59. The van der Waals surface area contributed by atoms with Gasteiger partial charge in [-0.15, -0.1) is 0 Å². The van der Waals surface area contributed by atoms with Crippen LogP contribution >= 0.6 is 0 Å². The Kier molecular flexibility index (Phi) is 6.68. The first-order valence-corrected chi connectivity index (χ1v) is 12.1. The first-order valence-electron chi connectivity index (χ1n) is 10.6. The molecule has 4 rings (SSSR count). The Morgan fingerprint density at radius 1 is 1.06 bits per heavy atom. The van der Waals surface area contributed by atoms with E-state index in [0.29, 0.717) is 49.9 Å². The molecule has 1 amide bonds. The van der Waals surface area contributed by atoms with Gasteiger partial charge in [0.25, 0.3) is 5.91 Å². The molecule has 2 fully saturated rings. The molecule has 2 aliphatic rings. The molecule has 1 saturated carbocycles. The summed E-state index contributed by atoms with van der Waals surface area (Å²) in [5.41, 5.74) is 1.35. The van der Waals surface area contributed by atoms with Crippen molar-refractivity contribution in [3.8, 4) is 11.5 Å². The average Bonchev–Trinajstić information content (AvgIpc) is 3.68. The lowest BCUT2D eigenvalue weighted by Crippen LogP contribution is -2.40. The normalized spacial score (nSPS) is 17.1. The molecule has 0 unspecified atom stereocenters. The number of hydrogen-bond donors (Lipinski definition) is 0. The van der Waals surface area contributed by atoms with Crippen LogP contribution in [0.3, 0.4) is 0 Å². The molecule has 0 aromatic heterocycles. The van der Waals surface area contributed by atoms with Gasteiger partial charge in [-0.3, -0.25) is 4.79 Å². The number of hydrogen-bond acceptors (Lipinski definition) is 6. The third kappa shape index (κ3) is 4.74. The largest absolute Gasteiger partial charge is 0.497 e. The molecule has 8 nitrogen and oxygen atoms in total. The zero-order chi connectivity index (χ0) is 22.7. The summed E-state index contributed by atoms with van der Waals surface area (Å²) in [5, 5.41) is 0. The predicted octanol–water partition coefficient (Wildman–Crippen LogP) is 2.53. The van der Waals surface area contributed by atoms with Crippen LogP contribution in [0.5, 0.6) is 11.5 Å². The topological polar surface area (TPSA) is 85.4 Å². The molecule has 0 atom stereocenters. The van der Waals surface area contributed by atoms with E-state index in [1.807, 2.05) is 17.0 Å². The number of sulfonamides is 1. The fourth-order valence-corrected chi connectivity index (χ4v) is 5.20. The number of morpholine rings is 1. The van der Waals surface area contributed by atoms with Gasteiger partial charge in [0.2, 0.25) is 10.0 Å². The highest BCUT2D eigenvalue weighted by Crippen LogP contribution is 2.33. The van der Waals surface area contributed by atoms with Crippen LogP contribution in [0, 0.1) is 0 Å². The van der Waals surface area contributed by atoms with Crippen LogP contribution in [0.25, 0.3) is 0 Å². The quantitative estimate of drug-likeness (QED) is 0.602. The average molecular weight is 461 g/mol. The molecule has 0 spiro atoms. The third-order valence-corrected chi connectivity index (χ3v) is 7.71. The Morgan fingerprint density at radius 3 is 2.34 bits per heavy atom. The molecular formula is C23H28N2O6S.